The fourth-order valence-electron chi connectivity index (χ4n) is 4.53. The molecule has 2 aromatic carbocycles. The number of hydrogen-bond donors (Lipinski definition) is 2. The number of fused-ring (bicyclic) bond motifs is 1. The van der Waals surface area contributed by atoms with Crippen molar-refractivity contribution >= 4 is 17.5 Å². The lowest BCUT2D eigenvalue weighted by molar-refractivity contribution is -0.127. The number of nitrogens with zero attached hydrogens (tertiary/aromatic N) is 3. The molecule has 3 N–H and O–H groups in total. The standard InChI is InChI=1S/C26H24FN5O3/c1-2-22(33)31-13-11-16(12-14-31)21-15-29-32-24(25(28)34)23(30-26(21)32)17-3-7-19(8-4-17)35-20-9-5-18(27)6-10-20/h2-10,15-16,29H,1,11-14H2,(H2,28,34). The van der Waals surface area contributed by atoms with Crippen LogP contribution in [0.4, 0.5) is 4.39 Å². The van der Waals surface area contributed by atoms with Crippen LogP contribution in [0.25, 0.3) is 16.9 Å². The summed E-state index contributed by atoms with van der Waals surface area (Å²) in [4.78, 5) is 30.8. The molecule has 35 heavy (non-hydrogen) atoms. The average molecular weight is 474 g/mol. The van der Waals surface area contributed by atoms with Crippen LogP contribution in [0.3, 0.4) is 0 Å². The zero-order valence-corrected chi connectivity index (χ0v) is 18.9. The summed E-state index contributed by atoms with van der Waals surface area (Å²) in [5.41, 5.74) is 8.81. The van der Waals surface area contributed by atoms with E-state index in [4.69, 9.17) is 15.5 Å². The first-order chi connectivity index (χ1) is 16.9. The Balaban J connectivity index is 1.42. The van der Waals surface area contributed by atoms with Gasteiger partial charge in [-0.3, -0.25) is 14.7 Å². The van der Waals surface area contributed by atoms with Crippen LogP contribution >= 0.6 is 0 Å². The topological polar surface area (TPSA) is 106 Å². The van der Waals surface area contributed by atoms with Crippen LogP contribution < -0.4 is 10.5 Å². The number of halogens is 1. The second-order valence-corrected chi connectivity index (χ2v) is 8.45. The highest BCUT2D eigenvalue weighted by Gasteiger charge is 2.28. The molecule has 9 heteroatoms. The highest BCUT2D eigenvalue weighted by Crippen LogP contribution is 2.34. The molecule has 3 heterocycles. The molecule has 8 nitrogen and oxygen atoms in total. The normalized spacial score (nSPS) is 14.3. The molecule has 0 unspecified atom stereocenters. The summed E-state index contributed by atoms with van der Waals surface area (Å²) in [6, 6.07) is 12.9. The minimum Gasteiger partial charge on any atom is -0.457 e. The number of amides is 2. The highest BCUT2D eigenvalue weighted by atomic mass is 19.1. The Kier molecular flexibility index (Phi) is 5.82. The van der Waals surface area contributed by atoms with Crippen LogP contribution in [0.15, 0.2) is 67.4 Å². The SMILES string of the molecule is C=CC(=O)N1CCC(c2c[nH]n3c(C(N)=O)c(-c4ccc(Oc5ccc(F)cc5)cc4)nc23)CC1. The van der Waals surface area contributed by atoms with E-state index < -0.39 is 5.91 Å². The Labute approximate surface area is 200 Å². The van der Waals surface area contributed by atoms with Crippen LogP contribution in [0.2, 0.25) is 0 Å². The molecule has 0 spiro atoms. The lowest BCUT2D eigenvalue weighted by atomic mass is 9.91. The smallest absolute Gasteiger partial charge is 0.269 e. The van der Waals surface area contributed by atoms with E-state index in [1.54, 1.807) is 45.8 Å². The largest absolute Gasteiger partial charge is 0.457 e. The van der Waals surface area contributed by atoms with Gasteiger partial charge in [-0.2, -0.15) is 0 Å². The van der Waals surface area contributed by atoms with Gasteiger partial charge in [-0.05, 0) is 73.4 Å². The summed E-state index contributed by atoms with van der Waals surface area (Å²) in [7, 11) is 0. The van der Waals surface area contributed by atoms with Gasteiger partial charge in [0.15, 0.2) is 11.3 Å². The first-order valence-electron chi connectivity index (χ1n) is 11.3. The second-order valence-electron chi connectivity index (χ2n) is 8.45. The van der Waals surface area contributed by atoms with Crippen LogP contribution in [0.1, 0.15) is 34.8 Å². The van der Waals surface area contributed by atoms with Crippen molar-refractivity contribution in [1.29, 1.82) is 0 Å². The molecule has 1 fully saturated rings. The molecule has 1 saturated heterocycles. The Morgan fingerprint density at radius 3 is 2.31 bits per heavy atom. The van der Waals surface area contributed by atoms with Gasteiger partial charge in [-0.15, -0.1) is 0 Å². The third-order valence-electron chi connectivity index (χ3n) is 6.32. The van der Waals surface area contributed by atoms with Crippen LogP contribution in [0, 0.1) is 5.82 Å². The van der Waals surface area contributed by atoms with Crippen molar-refractivity contribution in [2.75, 3.05) is 13.1 Å². The molecule has 0 saturated carbocycles. The summed E-state index contributed by atoms with van der Waals surface area (Å²) in [6.07, 6.45) is 4.77. The summed E-state index contributed by atoms with van der Waals surface area (Å²) in [5, 5.41) is 3.12. The van der Waals surface area contributed by atoms with Crippen LogP contribution in [-0.2, 0) is 4.79 Å². The van der Waals surface area contributed by atoms with Crippen molar-refractivity contribution in [3.05, 3.63) is 84.5 Å². The van der Waals surface area contributed by atoms with Gasteiger partial charge in [0, 0.05) is 30.4 Å². The van der Waals surface area contributed by atoms with Crippen molar-refractivity contribution in [2.24, 2.45) is 5.73 Å². The molecule has 0 atom stereocenters. The average Bonchev–Trinajstić information content (AvgIpc) is 3.45. The zero-order valence-electron chi connectivity index (χ0n) is 18.9. The molecule has 5 rings (SSSR count). The number of primary amides is 1. The number of piperidine rings is 1. The third kappa shape index (κ3) is 4.28. The zero-order chi connectivity index (χ0) is 24.5. The summed E-state index contributed by atoms with van der Waals surface area (Å²) < 4.78 is 20.5. The maximum atomic E-state index is 13.1. The molecule has 178 valence electrons. The summed E-state index contributed by atoms with van der Waals surface area (Å²) in [5.74, 6) is 0.273. The molecule has 0 aliphatic carbocycles. The number of nitrogens with two attached hydrogens (primary N) is 1. The van der Waals surface area contributed by atoms with E-state index in [2.05, 4.69) is 11.7 Å². The number of carbonyl (C=O) groups excluding carboxylic acids is 2. The first kappa shape index (κ1) is 22.4. The third-order valence-corrected chi connectivity index (χ3v) is 6.32. The van der Waals surface area contributed by atoms with E-state index in [0.717, 1.165) is 18.4 Å². The number of imidazole rings is 1. The fraction of sp³-hybridized carbons (Fsp3) is 0.192. The van der Waals surface area contributed by atoms with Crippen molar-refractivity contribution in [2.45, 2.75) is 18.8 Å². The van der Waals surface area contributed by atoms with E-state index in [0.29, 0.717) is 41.5 Å². The number of carbonyl (C=O) groups is 2. The number of hydrogen-bond acceptors (Lipinski definition) is 4. The van der Waals surface area contributed by atoms with Gasteiger partial charge in [-0.25, -0.2) is 13.9 Å². The number of aromatic nitrogens is 3. The molecule has 1 aliphatic rings. The highest BCUT2D eigenvalue weighted by molar-refractivity contribution is 5.98. The number of likely N-dealkylation sites (tertiary alicyclic amines) is 1. The maximum Gasteiger partial charge on any atom is 0.269 e. The fourth-order valence-corrected chi connectivity index (χ4v) is 4.53. The van der Waals surface area contributed by atoms with Crippen molar-refractivity contribution in [3.63, 3.8) is 0 Å². The first-order valence-corrected chi connectivity index (χ1v) is 11.3. The lowest BCUT2D eigenvalue weighted by Crippen LogP contribution is -2.36. The van der Waals surface area contributed by atoms with Gasteiger partial charge in [0.2, 0.25) is 5.91 Å². The van der Waals surface area contributed by atoms with E-state index in [9.17, 15) is 14.0 Å². The van der Waals surface area contributed by atoms with Gasteiger partial charge in [0.25, 0.3) is 5.91 Å². The Morgan fingerprint density at radius 2 is 1.71 bits per heavy atom. The number of rotatable bonds is 6. The molecular formula is C26H24FN5O3. The van der Waals surface area contributed by atoms with E-state index >= 15 is 0 Å². The van der Waals surface area contributed by atoms with Gasteiger partial charge in [-0.1, -0.05) is 6.58 Å². The Hall–Kier alpha value is -4.40. The molecule has 1 aliphatic heterocycles. The van der Waals surface area contributed by atoms with Crippen LogP contribution in [-0.4, -0.2) is 44.4 Å². The van der Waals surface area contributed by atoms with Crippen LogP contribution in [0.5, 0.6) is 11.5 Å². The van der Waals surface area contributed by atoms with Gasteiger partial charge in [0.05, 0.1) is 0 Å². The Bertz CT molecular complexity index is 1400. The van der Waals surface area contributed by atoms with E-state index in [1.165, 1.54) is 18.2 Å². The van der Waals surface area contributed by atoms with Crippen molar-refractivity contribution < 1.29 is 18.7 Å². The predicted octanol–water partition coefficient (Wildman–Crippen LogP) is 4.25. The predicted molar refractivity (Wildman–Crippen MR) is 129 cm³/mol. The quantitative estimate of drug-likeness (QED) is 0.408. The molecule has 2 aromatic heterocycles. The number of nitrogens with one attached hydrogen (secondary N) is 1. The summed E-state index contributed by atoms with van der Waals surface area (Å²) in [6.45, 7) is 4.83. The van der Waals surface area contributed by atoms with E-state index in [1.807, 2.05) is 6.20 Å². The number of ether oxygens (including phenoxy) is 1. The van der Waals surface area contributed by atoms with Gasteiger partial charge < -0.3 is 15.4 Å². The molecular weight excluding hydrogens is 449 g/mol. The molecule has 0 bridgehead atoms. The number of H-pyrrole nitrogens is 1. The van der Waals surface area contributed by atoms with Crippen molar-refractivity contribution in [1.82, 2.24) is 19.5 Å². The minimum atomic E-state index is -0.598. The van der Waals surface area contributed by atoms with Gasteiger partial charge in [0.1, 0.15) is 23.0 Å². The molecule has 0 radical (unpaired) electrons. The number of benzene rings is 2. The second kappa shape index (κ2) is 9.09. The minimum absolute atomic E-state index is 0.0615. The lowest BCUT2D eigenvalue weighted by Gasteiger charge is -2.30. The summed E-state index contributed by atoms with van der Waals surface area (Å²) >= 11 is 0. The van der Waals surface area contributed by atoms with Gasteiger partial charge >= 0.3 is 0 Å². The maximum absolute atomic E-state index is 13.1. The molecule has 4 aromatic rings. The molecule has 2 amide bonds. The Morgan fingerprint density at radius 1 is 1.09 bits per heavy atom. The van der Waals surface area contributed by atoms with E-state index in [-0.39, 0.29) is 23.3 Å². The van der Waals surface area contributed by atoms with Crippen molar-refractivity contribution in [3.8, 4) is 22.8 Å². The number of aromatic amines is 1. The monoisotopic (exact) mass is 473 g/mol.